The lowest BCUT2D eigenvalue weighted by Gasteiger charge is -2.36. The van der Waals surface area contributed by atoms with Crippen molar-refractivity contribution in [2.45, 2.75) is 50.5 Å². The molecule has 0 spiro atoms. The van der Waals surface area contributed by atoms with E-state index in [1.165, 1.54) is 43.4 Å². The van der Waals surface area contributed by atoms with Crippen molar-refractivity contribution in [1.82, 2.24) is 14.9 Å². The summed E-state index contributed by atoms with van der Waals surface area (Å²) in [6.07, 6.45) is 6.12. The number of imidazole rings is 1. The van der Waals surface area contributed by atoms with Gasteiger partial charge in [0.1, 0.15) is 5.82 Å². The lowest BCUT2D eigenvalue weighted by atomic mass is 9.76. The number of aromatic nitrogens is 2. The molecular weight excluding hydrogens is 282 g/mol. The van der Waals surface area contributed by atoms with E-state index in [9.17, 15) is 0 Å². The van der Waals surface area contributed by atoms with Crippen LogP contribution in [-0.4, -0.2) is 22.6 Å². The van der Waals surface area contributed by atoms with Crippen LogP contribution in [0.25, 0.3) is 11.0 Å². The molecule has 2 aromatic rings. The Bertz CT molecular complexity index is 666. The molecule has 21 heavy (non-hydrogen) atoms. The normalized spacial score (nSPS) is 21.8. The molecule has 4 heteroatoms. The van der Waals surface area contributed by atoms with E-state index in [2.05, 4.69) is 22.9 Å². The van der Waals surface area contributed by atoms with Crippen LogP contribution in [0.1, 0.15) is 50.9 Å². The number of rotatable bonds is 3. The van der Waals surface area contributed by atoms with E-state index < -0.39 is 0 Å². The van der Waals surface area contributed by atoms with Gasteiger partial charge in [0.15, 0.2) is 0 Å². The van der Waals surface area contributed by atoms with Crippen molar-refractivity contribution in [1.29, 1.82) is 0 Å². The third kappa shape index (κ3) is 2.18. The predicted molar refractivity (Wildman–Crippen MR) is 87.1 cm³/mol. The van der Waals surface area contributed by atoms with Crippen molar-refractivity contribution in [3.63, 3.8) is 0 Å². The van der Waals surface area contributed by atoms with Gasteiger partial charge in [-0.25, -0.2) is 4.98 Å². The van der Waals surface area contributed by atoms with E-state index in [4.69, 9.17) is 16.6 Å². The molecule has 0 bridgehead atoms. The predicted octanol–water partition coefficient (Wildman–Crippen LogP) is 4.06. The highest BCUT2D eigenvalue weighted by Gasteiger charge is 2.40. The minimum atomic E-state index is 0.235. The van der Waals surface area contributed by atoms with Crippen molar-refractivity contribution in [2.75, 3.05) is 13.1 Å². The number of hydrogen-bond acceptors (Lipinski definition) is 2. The van der Waals surface area contributed by atoms with Gasteiger partial charge in [-0.2, -0.15) is 0 Å². The maximum Gasteiger partial charge on any atom is 0.116 e. The van der Waals surface area contributed by atoms with Gasteiger partial charge in [-0.15, -0.1) is 0 Å². The molecule has 3 nitrogen and oxygen atoms in total. The molecule has 4 rings (SSSR count). The van der Waals surface area contributed by atoms with Gasteiger partial charge < -0.3 is 9.88 Å². The van der Waals surface area contributed by atoms with Crippen molar-refractivity contribution < 1.29 is 0 Å². The summed E-state index contributed by atoms with van der Waals surface area (Å²) >= 11 is 6.17. The third-order valence-electron chi connectivity index (χ3n) is 5.28. The molecule has 112 valence electrons. The van der Waals surface area contributed by atoms with Gasteiger partial charge in [0.25, 0.3) is 0 Å². The first-order valence-corrected chi connectivity index (χ1v) is 8.50. The molecule has 1 saturated heterocycles. The lowest BCUT2D eigenvalue weighted by Crippen LogP contribution is -2.41. The molecule has 1 aliphatic carbocycles. The highest BCUT2D eigenvalue weighted by atomic mass is 35.5. The van der Waals surface area contributed by atoms with Gasteiger partial charge in [-0.05, 0) is 63.4 Å². The van der Waals surface area contributed by atoms with Gasteiger partial charge in [-0.1, -0.05) is 18.5 Å². The first kappa shape index (κ1) is 13.6. The fraction of sp³-hybridized carbons (Fsp3) is 0.588. The zero-order valence-corrected chi connectivity index (χ0v) is 13.3. The fourth-order valence-corrected chi connectivity index (χ4v) is 3.96. The molecule has 0 amide bonds. The monoisotopic (exact) mass is 303 g/mol. The molecule has 1 aromatic heterocycles. The molecule has 1 aromatic carbocycles. The van der Waals surface area contributed by atoms with Crippen molar-refractivity contribution in [3.8, 4) is 0 Å². The molecule has 2 heterocycles. The summed E-state index contributed by atoms with van der Waals surface area (Å²) in [5.41, 5.74) is 2.57. The van der Waals surface area contributed by atoms with Crippen LogP contribution in [0, 0.1) is 0 Å². The summed E-state index contributed by atoms with van der Waals surface area (Å²) in [6.45, 7) is 4.51. The number of piperidine rings is 1. The Kier molecular flexibility index (Phi) is 3.23. The van der Waals surface area contributed by atoms with Crippen molar-refractivity contribution in [2.24, 2.45) is 0 Å². The highest BCUT2D eigenvalue weighted by Crippen LogP contribution is 2.45. The largest absolute Gasteiger partial charge is 0.324 e. The van der Waals surface area contributed by atoms with E-state index in [0.717, 1.165) is 23.6 Å². The van der Waals surface area contributed by atoms with Gasteiger partial charge >= 0.3 is 0 Å². The molecule has 2 fully saturated rings. The van der Waals surface area contributed by atoms with Crippen molar-refractivity contribution in [3.05, 3.63) is 29.0 Å². The zero-order valence-electron chi connectivity index (χ0n) is 12.5. The minimum Gasteiger partial charge on any atom is -0.324 e. The van der Waals surface area contributed by atoms with Gasteiger partial charge in [-0.3, -0.25) is 0 Å². The summed E-state index contributed by atoms with van der Waals surface area (Å²) in [5, 5.41) is 4.28. The number of hydrogen-bond donors (Lipinski definition) is 1. The summed E-state index contributed by atoms with van der Waals surface area (Å²) in [7, 11) is 0. The molecule has 1 aliphatic heterocycles. The average Bonchev–Trinajstić information content (AvgIpc) is 3.28. The first-order chi connectivity index (χ1) is 10.2. The smallest absolute Gasteiger partial charge is 0.116 e. The highest BCUT2D eigenvalue weighted by molar-refractivity contribution is 6.31. The van der Waals surface area contributed by atoms with Crippen LogP contribution in [0.2, 0.25) is 5.02 Å². The quantitative estimate of drug-likeness (QED) is 0.927. The summed E-state index contributed by atoms with van der Waals surface area (Å²) in [6, 6.07) is 6.82. The van der Waals surface area contributed by atoms with Crippen LogP contribution < -0.4 is 5.32 Å². The van der Waals surface area contributed by atoms with Crippen LogP contribution in [0.15, 0.2) is 18.2 Å². The standard InChI is InChI=1S/C17H22ClN3/c1-2-17(7-9-19-10-8-17)16-20-14-11-12(18)3-6-15(14)21(16)13-4-5-13/h3,6,11,13,19H,2,4-5,7-10H2,1H3. The van der Waals surface area contributed by atoms with E-state index in [0.29, 0.717) is 6.04 Å². The van der Waals surface area contributed by atoms with Gasteiger partial charge in [0.05, 0.1) is 11.0 Å². The fourth-order valence-electron chi connectivity index (χ4n) is 3.79. The molecule has 1 N–H and O–H groups in total. The Morgan fingerprint density at radius 1 is 1.33 bits per heavy atom. The molecule has 0 unspecified atom stereocenters. The Balaban J connectivity index is 1.92. The van der Waals surface area contributed by atoms with Crippen LogP contribution in [-0.2, 0) is 5.41 Å². The summed E-state index contributed by atoms with van der Waals surface area (Å²) in [5.74, 6) is 1.31. The van der Waals surface area contributed by atoms with E-state index in [1.54, 1.807) is 0 Å². The molecular formula is C17H22ClN3. The van der Waals surface area contributed by atoms with E-state index in [1.807, 2.05) is 12.1 Å². The average molecular weight is 304 g/mol. The second-order valence-corrected chi connectivity index (χ2v) is 6.99. The number of fused-ring (bicyclic) bond motifs is 1. The zero-order chi connectivity index (χ0) is 14.4. The van der Waals surface area contributed by atoms with Gasteiger partial charge in [0, 0.05) is 16.5 Å². The van der Waals surface area contributed by atoms with Crippen LogP contribution in [0.5, 0.6) is 0 Å². The van der Waals surface area contributed by atoms with Crippen LogP contribution >= 0.6 is 11.6 Å². The maximum absolute atomic E-state index is 6.17. The number of nitrogens with one attached hydrogen (secondary N) is 1. The summed E-state index contributed by atoms with van der Waals surface area (Å²) in [4.78, 5) is 5.05. The Morgan fingerprint density at radius 2 is 2.10 bits per heavy atom. The Morgan fingerprint density at radius 3 is 2.76 bits per heavy atom. The number of nitrogens with zero attached hydrogens (tertiary/aromatic N) is 2. The molecule has 2 aliphatic rings. The molecule has 1 saturated carbocycles. The second-order valence-electron chi connectivity index (χ2n) is 6.55. The molecule has 0 atom stereocenters. The van der Waals surface area contributed by atoms with Crippen LogP contribution in [0.3, 0.4) is 0 Å². The van der Waals surface area contributed by atoms with E-state index in [-0.39, 0.29) is 5.41 Å². The Hall–Kier alpha value is -1.06. The second kappa shape index (κ2) is 4.99. The SMILES string of the molecule is CCC1(c2nc3cc(Cl)ccc3n2C2CC2)CCNCC1. The van der Waals surface area contributed by atoms with Crippen molar-refractivity contribution >= 4 is 22.6 Å². The first-order valence-electron chi connectivity index (χ1n) is 8.12. The topological polar surface area (TPSA) is 29.9 Å². The number of halogens is 1. The number of benzene rings is 1. The lowest BCUT2D eigenvalue weighted by molar-refractivity contribution is 0.274. The summed E-state index contributed by atoms with van der Waals surface area (Å²) < 4.78 is 2.53. The maximum atomic E-state index is 6.17. The van der Waals surface area contributed by atoms with E-state index >= 15 is 0 Å². The minimum absolute atomic E-state index is 0.235. The Labute approximate surface area is 130 Å². The third-order valence-corrected chi connectivity index (χ3v) is 5.51. The van der Waals surface area contributed by atoms with Gasteiger partial charge in [0.2, 0.25) is 0 Å². The van der Waals surface area contributed by atoms with Crippen LogP contribution in [0.4, 0.5) is 0 Å². The molecule has 0 radical (unpaired) electrons.